The molecule has 11 rings (SSSR count). The van der Waals surface area contributed by atoms with E-state index in [0.29, 0.717) is 17.6 Å². The molecule has 0 amide bonds. The van der Waals surface area contributed by atoms with Crippen LogP contribution in [0.5, 0.6) is 0 Å². The van der Waals surface area contributed by atoms with Gasteiger partial charge in [0.15, 0.2) is 11.6 Å². The Hall–Kier alpha value is -7.63. The number of aromatic nitrogens is 5. The largest absolute Gasteiger partial charge is 0.309 e. The predicted molar refractivity (Wildman–Crippen MR) is 230 cm³/mol. The fourth-order valence-electron chi connectivity index (χ4n) is 8.29. The van der Waals surface area contributed by atoms with Crippen molar-refractivity contribution in [3.63, 3.8) is 0 Å². The average Bonchev–Trinajstić information content (AvgIpc) is 3.80. The molecule has 5 heteroatoms. The Morgan fingerprint density at radius 2 is 0.821 bits per heavy atom. The van der Waals surface area contributed by atoms with Crippen molar-refractivity contribution in [1.29, 1.82) is 0 Å². The number of para-hydroxylation sites is 3. The zero-order chi connectivity index (χ0) is 37.0. The van der Waals surface area contributed by atoms with Gasteiger partial charge in [-0.2, -0.15) is 9.97 Å². The first kappa shape index (κ1) is 31.9. The number of benzene rings is 8. The second kappa shape index (κ2) is 13.0. The molecule has 0 fully saturated rings. The summed E-state index contributed by atoms with van der Waals surface area (Å²) in [7, 11) is 0. The molecule has 0 bridgehead atoms. The van der Waals surface area contributed by atoms with E-state index in [9.17, 15) is 0 Å². The number of nitrogens with zero attached hydrogens (tertiary/aromatic N) is 5. The summed E-state index contributed by atoms with van der Waals surface area (Å²) in [6.07, 6.45) is 0. The van der Waals surface area contributed by atoms with Crippen molar-refractivity contribution < 1.29 is 0 Å². The minimum absolute atomic E-state index is 0.577. The quantitative estimate of drug-likeness (QED) is 0.172. The van der Waals surface area contributed by atoms with Crippen LogP contribution in [0.25, 0.3) is 100 Å². The van der Waals surface area contributed by atoms with Gasteiger partial charge in [-0.15, -0.1) is 0 Å². The molecule has 5 nitrogen and oxygen atoms in total. The molecule has 56 heavy (non-hydrogen) atoms. The Morgan fingerprint density at radius 3 is 1.45 bits per heavy atom. The molecule has 0 aliphatic heterocycles. The molecule has 11 aromatic rings. The van der Waals surface area contributed by atoms with Crippen LogP contribution in [0.15, 0.2) is 200 Å². The van der Waals surface area contributed by atoms with Crippen molar-refractivity contribution in [1.82, 2.24) is 24.1 Å². The maximum absolute atomic E-state index is 5.15. The van der Waals surface area contributed by atoms with Gasteiger partial charge in [0.1, 0.15) is 0 Å². The van der Waals surface area contributed by atoms with E-state index in [-0.39, 0.29) is 0 Å². The molecule has 0 N–H and O–H groups in total. The lowest BCUT2D eigenvalue weighted by Gasteiger charge is -2.16. The third-order valence-corrected chi connectivity index (χ3v) is 10.8. The summed E-state index contributed by atoms with van der Waals surface area (Å²) in [5, 5.41) is 4.70. The summed E-state index contributed by atoms with van der Waals surface area (Å²) < 4.78 is 4.62. The van der Waals surface area contributed by atoms with E-state index in [2.05, 4.69) is 149 Å². The van der Waals surface area contributed by atoms with E-state index in [0.717, 1.165) is 44.2 Å². The summed E-state index contributed by atoms with van der Waals surface area (Å²) in [5.41, 5.74) is 12.1. The van der Waals surface area contributed by atoms with Gasteiger partial charge in [0.25, 0.3) is 0 Å². The highest BCUT2D eigenvalue weighted by molar-refractivity contribution is 6.18. The normalized spacial score (nSPS) is 11.6. The smallest absolute Gasteiger partial charge is 0.238 e. The van der Waals surface area contributed by atoms with Crippen LogP contribution in [0.2, 0.25) is 0 Å². The van der Waals surface area contributed by atoms with Gasteiger partial charge in [0.05, 0.1) is 22.1 Å². The van der Waals surface area contributed by atoms with Crippen LogP contribution in [0, 0.1) is 0 Å². The van der Waals surface area contributed by atoms with Crippen LogP contribution in [-0.4, -0.2) is 24.1 Å². The van der Waals surface area contributed by atoms with Gasteiger partial charge in [-0.1, -0.05) is 164 Å². The van der Waals surface area contributed by atoms with E-state index in [1.807, 2.05) is 60.7 Å². The Labute approximate surface area is 323 Å². The van der Waals surface area contributed by atoms with Crippen molar-refractivity contribution in [3.05, 3.63) is 200 Å². The molecule has 3 heterocycles. The molecule has 0 aliphatic carbocycles. The van der Waals surface area contributed by atoms with Gasteiger partial charge in [0, 0.05) is 43.9 Å². The highest BCUT2D eigenvalue weighted by Gasteiger charge is 2.23. The lowest BCUT2D eigenvalue weighted by molar-refractivity contribution is 0.953. The first-order chi connectivity index (χ1) is 27.8. The first-order valence-electron chi connectivity index (χ1n) is 18.9. The van der Waals surface area contributed by atoms with Gasteiger partial charge in [-0.05, 0) is 53.1 Å². The zero-order valence-electron chi connectivity index (χ0n) is 30.3. The molecular weight excluding hydrogens is 683 g/mol. The second-order valence-corrected chi connectivity index (χ2v) is 14.0. The first-order valence-corrected chi connectivity index (χ1v) is 18.9. The third kappa shape index (κ3) is 5.13. The van der Waals surface area contributed by atoms with Crippen molar-refractivity contribution in [2.75, 3.05) is 0 Å². The monoisotopic (exact) mass is 715 g/mol. The summed E-state index contributed by atoms with van der Waals surface area (Å²) in [6.45, 7) is 0. The highest BCUT2D eigenvalue weighted by Crippen LogP contribution is 2.45. The van der Waals surface area contributed by atoms with Crippen LogP contribution < -0.4 is 0 Å². The fraction of sp³-hybridized carbons (Fsp3) is 0. The van der Waals surface area contributed by atoms with Crippen LogP contribution in [0.1, 0.15) is 0 Å². The number of hydrogen-bond acceptors (Lipinski definition) is 3. The molecule has 262 valence electrons. The van der Waals surface area contributed by atoms with E-state index in [4.69, 9.17) is 15.0 Å². The Morgan fingerprint density at radius 1 is 0.321 bits per heavy atom. The second-order valence-electron chi connectivity index (χ2n) is 14.0. The molecule has 0 saturated carbocycles. The Bertz CT molecular complexity index is 3160. The maximum Gasteiger partial charge on any atom is 0.238 e. The molecule has 3 aromatic heterocycles. The SMILES string of the molecule is c1ccc(-c2nc(-c3ccccc3)nc(-n3c4ccccc4c4cc(-c5c(-c6ccccc6)ccc6c7ccccc7n(-c7ccccc7)c56)ccc43)n2)cc1. The average molecular weight is 716 g/mol. The van der Waals surface area contributed by atoms with Crippen LogP contribution in [-0.2, 0) is 0 Å². The molecular formula is C51H33N5. The lowest BCUT2D eigenvalue weighted by atomic mass is 9.91. The number of rotatable bonds is 6. The molecule has 0 unspecified atom stereocenters. The van der Waals surface area contributed by atoms with Crippen molar-refractivity contribution in [3.8, 4) is 56.7 Å². The van der Waals surface area contributed by atoms with Crippen molar-refractivity contribution in [2.24, 2.45) is 0 Å². The summed E-state index contributed by atoms with van der Waals surface area (Å²) >= 11 is 0. The van der Waals surface area contributed by atoms with Gasteiger partial charge in [0.2, 0.25) is 5.95 Å². The van der Waals surface area contributed by atoms with Crippen molar-refractivity contribution in [2.45, 2.75) is 0 Å². The Kier molecular flexibility index (Phi) is 7.42. The van der Waals surface area contributed by atoms with Gasteiger partial charge < -0.3 is 4.57 Å². The molecule has 0 saturated heterocycles. The number of fused-ring (bicyclic) bond motifs is 6. The van der Waals surface area contributed by atoms with Gasteiger partial charge in [-0.25, -0.2) is 4.98 Å². The highest BCUT2D eigenvalue weighted by atomic mass is 15.2. The van der Waals surface area contributed by atoms with E-state index >= 15 is 0 Å². The zero-order valence-corrected chi connectivity index (χ0v) is 30.3. The molecule has 8 aromatic carbocycles. The Balaban J connectivity index is 1.22. The third-order valence-electron chi connectivity index (χ3n) is 10.8. The van der Waals surface area contributed by atoms with Gasteiger partial charge >= 0.3 is 0 Å². The van der Waals surface area contributed by atoms with Crippen LogP contribution >= 0.6 is 0 Å². The molecule has 0 atom stereocenters. The van der Waals surface area contributed by atoms with Crippen LogP contribution in [0.3, 0.4) is 0 Å². The van der Waals surface area contributed by atoms with Crippen LogP contribution in [0.4, 0.5) is 0 Å². The minimum Gasteiger partial charge on any atom is -0.309 e. The molecule has 0 spiro atoms. The van der Waals surface area contributed by atoms with Gasteiger partial charge in [-0.3, -0.25) is 4.57 Å². The minimum atomic E-state index is 0.577. The lowest BCUT2D eigenvalue weighted by Crippen LogP contribution is -2.06. The standard InChI is InChI=1S/C51H33N5/c1-5-17-34(18-6-1)39-30-31-42-40-25-13-15-27-44(40)55(38-23-11-4-12-24-38)48(42)47(39)37-29-32-46-43(33-37)41-26-14-16-28-45(41)56(46)51-53-49(35-19-7-2-8-20-35)52-50(54-51)36-21-9-3-10-22-36/h1-33H. The topological polar surface area (TPSA) is 48.5 Å². The van der Waals surface area contributed by atoms with Crippen molar-refractivity contribution >= 4 is 43.6 Å². The molecule has 0 aliphatic rings. The fourth-order valence-corrected chi connectivity index (χ4v) is 8.29. The summed E-state index contributed by atoms with van der Waals surface area (Å²) in [4.78, 5) is 15.3. The summed E-state index contributed by atoms with van der Waals surface area (Å²) in [6, 6.07) is 70.5. The van der Waals surface area contributed by atoms with E-state index in [1.165, 1.54) is 38.5 Å². The maximum atomic E-state index is 5.15. The van der Waals surface area contributed by atoms with E-state index < -0.39 is 0 Å². The van der Waals surface area contributed by atoms with E-state index in [1.54, 1.807) is 0 Å². The molecule has 0 radical (unpaired) electrons. The summed E-state index contributed by atoms with van der Waals surface area (Å²) in [5.74, 6) is 1.84. The predicted octanol–water partition coefficient (Wildman–Crippen LogP) is 12.7. The number of hydrogen-bond donors (Lipinski definition) is 0.